The molecule has 0 spiro atoms. The normalized spacial score (nSPS) is 16.3. The quantitative estimate of drug-likeness (QED) is 0.907. The third-order valence-corrected chi connectivity index (χ3v) is 4.13. The molecule has 2 aromatic rings. The molecule has 1 aliphatic heterocycles. The average Bonchev–Trinajstić information content (AvgIpc) is 2.94. The van der Waals surface area contributed by atoms with Crippen LogP contribution in [0.15, 0.2) is 36.9 Å². The van der Waals surface area contributed by atoms with Gasteiger partial charge in [-0.3, -0.25) is 9.67 Å². The van der Waals surface area contributed by atoms with Crippen LogP contribution < -0.4 is 10.2 Å². The van der Waals surface area contributed by atoms with Crippen LogP contribution in [0.1, 0.15) is 18.4 Å². The summed E-state index contributed by atoms with van der Waals surface area (Å²) in [6.45, 7) is 3.27. The van der Waals surface area contributed by atoms with Gasteiger partial charge in [0.25, 0.3) is 0 Å². The molecule has 0 amide bonds. The Labute approximate surface area is 126 Å². The Balaban J connectivity index is 1.40. The zero-order valence-corrected chi connectivity index (χ0v) is 12.6. The number of hydrogen-bond acceptors (Lipinski definition) is 4. The molecule has 1 saturated heterocycles. The van der Waals surface area contributed by atoms with Crippen LogP contribution in [-0.4, -0.2) is 40.4 Å². The second-order valence-corrected chi connectivity index (χ2v) is 5.69. The van der Waals surface area contributed by atoms with Crippen molar-refractivity contribution in [3.05, 3.63) is 42.5 Å². The van der Waals surface area contributed by atoms with Crippen LogP contribution in [0.25, 0.3) is 0 Å². The van der Waals surface area contributed by atoms with E-state index in [0.29, 0.717) is 6.04 Å². The molecule has 1 fully saturated rings. The van der Waals surface area contributed by atoms with E-state index in [4.69, 9.17) is 0 Å². The summed E-state index contributed by atoms with van der Waals surface area (Å²) in [6.07, 6.45) is 11.2. The van der Waals surface area contributed by atoms with Crippen LogP contribution in [0.4, 0.5) is 5.69 Å². The lowest BCUT2D eigenvalue weighted by molar-refractivity contribution is 0.417. The van der Waals surface area contributed by atoms with Gasteiger partial charge < -0.3 is 10.2 Å². The van der Waals surface area contributed by atoms with Crippen molar-refractivity contribution >= 4 is 5.69 Å². The van der Waals surface area contributed by atoms with Crippen molar-refractivity contribution in [3.63, 3.8) is 0 Å². The van der Waals surface area contributed by atoms with Gasteiger partial charge in [-0.1, -0.05) is 0 Å². The lowest BCUT2D eigenvalue weighted by Crippen LogP contribution is -2.43. The van der Waals surface area contributed by atoms with E-state index in [1.54, 1.807) is 0 Å². The van der Waals surface area contributed by atoms with Gasteiger partial charge in [-0.05, 0) is 43.5 Å². The van der Waals surface area contributed by atoms with Gasteiger partial charge in [0.15, 0.2) is 0 Å². The predicted octanol–water partition coefficient (Wildman–Crippen LogP) is 1.62. The van der Waals surface area contributed by atoms with Gasteiger partial charge in [-0.25, -0.2) is 0 Å². The number of nitrogens with zero attached hydrogens (tertiary/aromatic N) is 4. The summed E-state index contributed by atoms with van der Waals surface area (Å²) in [6, 6.07) is 4.83. The highest BCUT2D eigenvalue weighted by atomic mass is 15.2. The van der Waals surface area contributed by atoms with Crippen LogP contribution >= 0.6 is 0 Å². The first-order valence-electron chi connectivity index (χ1n) is 7.67. The van der Waals surface area contributed by atoms with Gasteiger partial charge in [0.1, 0.15) is 0 Å². The molecule has 0 radical (unpaired) electrons. The molecule has 5 heteroatoms. The van der Waals surface area contributed by atoms with Crippen LogP contribution in [0.2, 0.25) is 0 Å². The summed E-state index contributed by atoms with van der Waals surface area (Å²) in [5, 5.41) is 7.88. The lowest BCUT2D eigenvalue weighted by Gasteiger charge is -2.34. The molecule has 0 unspecified atom stereocenters. The van der Waals surface area contributed by atoms with Gasteiger partial charge in [-0.2, -0.15) is 5.10 Å². The molecule has 3 heterocycles. The number of pyridine rings is 1. The monoisotopic (exact) mass is 285 g/mol. The van der Waals surface area contributed by atoms with E-state index in [0.717, 1.165) is 26.1 Å². The second kappa shape index (κ2) is 6.72. The number of hydrogen-bond donors (Lipinski definition) is 1. The van der Waals surface area contributed by atoms with E-state index < -0.39 is 0 Å². The van der Waals surface area contributed by atoms with Crippen molar-refractivity contribution in [3.8, 4) is 0 Å². The van der Waals surface area contributed by atoms with E-state index in [-0.39, 0.29) is 0 Å². The molecular formula is C16H23N5. The van der Waals surface area contributed by atoms with Crippen molar-refractivity contribution < 1.29 is 0 Å². The minimum absolute atomic E-state index is 0.639. The molecule has 0 saturated carbocycles. The summed E-state index contributed by atoms with van der Waals surface area (Å²) >= 11 is 0. The summed E-state index contributed by atoms with van der Waals surface area (Å²) in [7, 11) is 1.96. The van der Waals surface area contributed by atoms with Crippen LogP contribution in [0.3, 0.4) is 0 Å². The Morgan fingerprint density at radius 3 is 2.67 bits per heavy atom. The minimum Gasteiger partial charge on any atom is -0.371 e. The first-order valence-corrected chi connectivity index (χ1v) is 7.67. The highest BCUT2D eigenvalue weighted by Gasteiger charge is 2.18. The van der Waals surface area contributed by atoms with Gasteiger partial charge in [0.2, 0.25) is 0 Å². The molecule has 1 aliphatic rings. The van der Waals surface area contributed by atoms with Crippen molar-refractivity contribution in [2.24, 2.45) is 7.05 Å². The predicted molar refractivity (Wildman–Crippen MR) is 84.4 cm³/mol. The average molecular weight is 285 g/mol. The Kier molecular flexibility index (Phi) is 4.50. The Morgan fingerprint density at radius 2 is 2.00 bits per heavy atom. The number of rotatable bonds is 5. The van der Waals surface area contributed by atoms with E-state index in [1.165, 1.54) is 24.1 Å². The zero-order chi connectivity index (χ0) is 14.5. The fourth-order valence-electron chi connectivity index (χ4n) is 2.92. The van der Waals surface area contributed by atoms with Crippen LogP contribution in [0.5, 0.6) is 0 Å². The summed E-state index contributed by atoms with van der Waals surface area (Å²) in [5.74, 6) is 0. The van der Waals surface area contributed by atoms with Crippen LogP contribution in [-0.2, 0) is 13.5 Å². The van der Waals surface area contributed by atoms with Crippen molar-refractivity contribution in [1.82, 2.24) is 20.1 Å². The molecule has 3 rings (SSSR count). The molecule has 2 aromatic heterocycles. The maximum atomic E-state index is 4.20. The summed E-state index contributed by atoms with van der Waals surface area (Å²) < 4.78 is 1.86. The number of aryl methyl sites for hydroxylation is 1. The SMILES string of the molecule is Cn1cc(CCNC2CCN(c3ccncc3)CC2)cn1. The third kappa shape index (κ3) is 3.82. The van der Waals surface area contributed by atoms with E-state index >= 15 is 0 Å². The van der Waals surface area contributed by atoms with Crippen molar-refractivity contribution in [1.29, 1.82) is 0 Å². The molecule has 0 bridgehead atoms. The first kappa shape index (κ1) is 14.1. The molecule has 1 N–H and O–H groups in total. The molecule has 0 aromatic carbocycles. The van der Waals surface area contributed by atoms with E-state index in [9.17, 15) is 0 Å². The van der Waals surface area contributed by atoms with E-state index in [1.807, 2.05) is 30.3 Å². The minimum atomic E-state index is 0.639. The Morgan fingerprint density at radius 1 is 1.24 bits per heavy atom. The fraction of sp³-hybridized carbons (Fsp3) is 0.500. The maximum absolute atomic E-state index is 4.20. The molecule has 112 valence electrons. The van der Waals surface area contributed by atoms with Gasteiger partial charge in [-0.15, -0.1) is 0 Å². The Hall–Kier alpha value is -1.88. The van der Waals surface area contributed by atoms with Crippen molar-refractivity contribution in [2.45, 2.75) is 25.3 Å². The highest BCUT2D eigenvalue weighted by molar-refractivity contribution is 5.44. The first-order chi connectivity index (χ1) is 10.3. The summed E-state index contributed by atoms with van der Waals surface area (Å²) in [5.41, 5.74) is 2.60. The fourth-order valence-corrected chi connectivity index (χ4v) is 2.92. The lowest BCUT2D eigenvalue weighted by atomic mass is 10.0. The second-order valence-electron chi connectivity index (χ2n) is 5.69. The molecule has 21 heavy (non-hydrogen) atoms. The number of anilines is 1. The molecule has 5 nitrogen and oxygen atoms in total. The largest absolute Gasteiger partial charge is 0.371 e. The van der Waals surface area contributed by atoms with E-state index in [2.05, 4.69) is 38.6 Å². The topological polar surface area (TPSA) is 46.0 Å². The molecule has 0 atom stereocenters. The zero-order valence-electron chi connectivity index (χ0n) is 12.6. The Bertz CT molecular complexity index is 543. The number of nitrogens with one attached hydrogen (secondary N) is 1. The maximum Gasteiger partial charge on any atom is 0.0522 e. The standard InChI is InChI=1S/C16H23N5/c1-20-13-14(12-19-20)2-9-18-15-5-10-21(11-6-15)16-3-7-17-8-4-16/h3-4,7-8,12-13,15,18H,2,5-6,9-11H2,1H3. The van der Waals surface area contributed by atoms with Crippen LogP contribution in [0, 0.1) is 0 Å². The van der Waals surface area contributed by atoms with Gasteiger partial charge in [0.05, 0.1) is 6.20 Å². The number of piperidine rings is 1. The number of aromatic nitrogens is 3. The molecule has 0 aliphatic carbocycles. The smallest absolute Gasteiger partial charge is 0.0522 e. The van der Waals surface area contributed by atoms with Gasteiger partial charge in [0, 0.05) is 50.5 Å². The third-order valence-electron chi connectivity index (χ3n) is 4.13. The van der Waals surface area contributed by atoms with Crippen molar-refractivity contribution in [2.75, 3.05) is 24.5 Å². The van der Waals surface area contributed by atoms with Gasteiger partial charge >= 0.3 is 0 Å². The summed E-state index contributed by atoms with van der Waals surface area (Å²) in [4.78, 5) is 6.53. The molecular weight excluding hydrogens is 262 g/mol. The highest BCUT2D eigenvalue weighted by Crippen LogP contribution is 2.18.